The van der Waals surface area contributed by atoms with Gasteiger partial charge in [-0.25, -0.2) is 4.79 Å². The molecule has 0 saturated heterocycles. The minimum Gasteiger partial charge on any atom is -0.477 e. The Morgan fingerprint density at radius 1 is 1.12 bits per heavy atom. The molecule has 0 fully saturated rings. The molecule has 0 unspecified atom stereocenters. The van der Waals surface area contributed by atoms with E-state index >= 15 is 0 Å². The summed E-state index contributed by atoms with van der Waals surface area (Å²) >= 11 is 0. The predicted octanol–water partition coefficient (Wildman–Crippen LogP) is 1.91. The lowest BCUT2D eigenvalue weighted by atomic mass is 10.2. The molecule has 0 aromatic heterocycles. The molecule has 4 nitrogen and oxygen atoms in total. The van der Waals surface area contributed by atoms with Crippen LogP contribution in [0.4, 0.5) is 13.2 Å². The van der Waals surface area contributed by atoms with Crippen molar-refractivity contribution in [1.29, 1.82) is 0 Å². The Balaban J connectivity index is 3.09. The molecule has 0 bridgehead atoms. The molecule has 1 aromatic rings. The second kappa shape index (κ2) is 4.77. The summed E-state index contributed by atoms with van der Waals surface area (Å²) in [5.41, 5.74) is -2.25. The summed E-state index contributed by atoms with van der Waals surface area (Å²) in [5, 5.41) is 8.30. The van der Waals surface area contributed by atoms with Crippen LogP contribution >= 0.6 is 0 Å². The molecule has 0 atom stereocenters. The number of nitrogens with zero attached hydrogens (tertiary/aromatic N) is 1. The van der Waals surface area contributed by atoms with Gasteiger partial charge in [0.15, 0.2) is 0 Å². The molecule has 1 amide bonds. The first-order chi connectivity index (χ1) is 7.82. The van der Waals surface area contributed by atoms with Crippen molar-refractivity contribution in [2.75, 3.05) is 0 Å². The summed E-state index contributed by atoms with van der Waals surface area (Å²) in [7, 11) is 0. The molecule has 7 heteroatoms. The van der Waals surface area contributed by atoms with Crippen LogP contribution < -0.4 is 0 Å². The fourth-order valence-electron chi connectivity index (χ4n) is 0.979. The number of alkyl halides is 3. The van der Waals surface area contributed by atoms with E-state index in [0.29, 0.717) is 0 Å². The van der Waals surface area contributed by atoms with Crippen LogP contribution in [-0.2, 0) is 4.79 Å². The van der Waals surface area contributed by atoms with E-state index in [2.05, 4.69) is 4.99 Å². The highest BCUT2D eigenvalue weighted by Crippen LogP contribution is 2.18. The monoisotopic (exact) mass is 245 g/mol. The highest BCUT2D eigenvalue weighted by molar-refractivity contribution is 6.40. The summed E-state index contributed by atoms with van der Waals surface area (Å²) in [5.74, 6) is -3.54. The number of hydrogen-bond donors (Lipinski definition) is 1. The first-order valence-electron chi connectivity index (χ1n) is 4.31. The van der Waals surface area contributed by atoms with E-state index in [9.17, 15) is 22.8 Å². The quantitative estimate of drug-likeness (QED) is 0.809. The van der Waals surface area contributed by atoms with Gasteiger partial charge in [-0.15, -0.1) is 0 Å². The molecule has 0 heterocycles. The highest BCUT2D eigenvalue weighted by Gasteiger charge is 2.41. The molecule has 1 N–H and O–H groups in total. The third-order valence-electron chi connectivity index (χ3n) is 1.71. The fourth-order valence-corrected chi connectivity index (χ4v) is 0.979. The van der Waals surface area contributed by atoms with E-state index in [1.54, 1.807) is 6.07 Å². The smallest absolute Gasteiger partial charge is 0.440 e. The van der Waals surface area contributed by atoms with Crippen molar-refractivity contribution in [3.63, 3.8) is 0 Å². The maximum absolute atomic E-state index is 12.2. The van der Waals surface area contributed by atoms with Crippen LogP contribution in [0, 0.1) is 0 Å². The third kappa shape index (κ3) is 3.40. The zero-order chi connectivity index (χ0) is 13.1. The lowest BCUT2D eigenvalue weighted by molar-refractivity contribution is -0.133. The molecule has 0 saturated carbocycles. The Hall–Kier alpha value is -2.18. The van der Waals surface area contributed by atoms with E-state index < -0.39 is 23.8 Å². The van der Waals surface area contributed by atoms with E-state index in [0.717, 1.165) is 0 Å². The van der Waals surface area contributed by atoms with Gasteiger partial charge >= 0.3 is 12.1 Å². The van der Waals surface area contributed by atoms with Crippen LogP contribution in [-0.4, -0.2) is 28.9 Å². The van der Waals surface area contributed by atoms with Crippen LogP contribution in [0.5, 0.6) is 0 Å². The van der Waals surface area contributed by atoms with Gasteiger partial charge in [0, 0.05) is 5.56 Å². The minimum atomic E-state index is -5.17. The molecule has 0 radical (unpaired) electrons. The van der Waals surface area contributed by atoms with Gasteiger partial charge < -0.3 is 5.11 Å². The number of rotatable bonds is 2. The molecule has 17 heavy (non-hydrogen) atoms. The van der Waals surface area contributed by atoms with Crippen LogP contribution in [0.2, 0.25) is 0 Å². The van der Waals surface area contributed by atoms with Crippen molar-refractivity contribution < 1.29 is 27.9 Å². The topological polar surface area (TPSA) is 66.7 Å². The number of hydrogen-bond acceptors (Lipinski definition) is 2. The van der Waals surface area contributed by atoms with Crippen LogP contribution in [0.25, 0.3) is 0 Å². The maximum atomic E-state index is 12.2. The SMILES string of the molecule is O=C(O)/C(=N/C(=O)c1ccccc1)C(F)(F)F. The van der Waals surface area contributed by atoms with Crippen molar-refractivity contribution in [3.05, 3.63) is 35.9 Å². The Morgan fingerprint density at radius 2 is 1.65 bits per heavy atom. The molecule has 0 aliphatic rings. The highest BCUT2D eigenvalue weighted by atomic mass is 19.4. The van der Waals surface area contributed by atoms with Gasteiger partial charge in [-0.1, -0.05) is 18.2 Å². The molecule has 1 aromatic carbocycles. The number of carbonyl (C=O) groups excluding carboxylic acids is 1. The molecule has 1 rings (SSSR count). The van der Waals surface area contributed by atoms with E-state index in [1.165, 1.54) is 24.3 Å². The first-order valence-corrected chi connectivity index (χ1v) is 4.31. The molecule has 0 spiro atoms. The van der Waals surface area contributed by atoms with Crippen LogP contribution in [0.15, 0.2) is 35.3 Å². The number of aliphatic imine (C=N–C) groups is 1. The van der Waals surface area contributed by atoms with Gasteiger partial charge in [-0.3, -0.25) is 4.79 Å². The largest absolute Gasteiger partial charge is 0.477 e. The van der Waals surface area contributed by atoms with Gasteiger partial charge in [0.1, 0.15) is 0 Å². The Labute approximate surface area is 93.4 Å². The molecule has 0 aliphatic carbocycles. The Morgan fingerprint density at radius 3 is 2.06 bits per heavy atom. The zero-order valence-electron chi connectivity index (χ0n) is 8.23. The molecular formula is C10H6F3NO3. The Kier molecular flexibility index (Phi) is 3.62. The van der Waals surface area contributed by atoms with Crippen LogP contribution in [0.3, 0.4) is 0 Å². The Bertz CT molecular complexity index is 465. The van der Waals surface area contributed by atoms with Crippen molar-refractivity contribution in [3.8, 4) is 0 Å². The summed E-state index contributed by atoms with van der Waals surface area (Å²) in [6.07, 6.45) is -5.17. The average molecular weight is 245 g/mol. The number of amides is 1. The van der Waals surface area contributed by atoms with Crippen LogP contribution in [0.1, 0.15) is 10.4 Å². The van der Waals surface area contributed by atoms with E-state index in [4.69, 9.17) is 5.11 Å². The molecule has 90 valence electrons. The second-order valence-electron chi connectivity index (χ2n) is 2.93. The van der Waals surface area contributed by atoms with Gasteiger partial charge in [0.2, 0.25) is 5.71 Å². The zero-order valence-corrected chi connectivity index (χ0v) is 8.23. The summed E-state index contributed by atoms with van der Waals surface area (Å²) in [6, 6.07) is 6.89. The number of carboxylic acid groups (broad SMARTS) is 1. The number of halogens is 3. The second-order valence-corrected chi connectivity index (χ2v) is 2.93. The van der Waals surface area contributed by atoms with Crippen molar-refractivity contribution in [2.24, 2.45) is 4.99 Å². The van der Waals surface area contributed by atoms with Crippen molar-refractivity contribution in [2.45, 2.75) is 6.18 Å². The van der Waals surface area contributed by atoms with Gasteiger partial charge in [0.25, 0.3) is 5.91 Å². The fraction of sp³-hybridized carbons (Fsp3) is 0.100. The number of carboxylic acids is 1. The normalized spacial score (nSPS) is 12.3. The van der Waals surface area contributed by atoms with E-state index in [1.807, 2.05) is 0 Å². The number of benzene rings is 1. The average Bonchev–Trinajstić information content (AvgIpc) is 2.24. The summed E-state index contributed by atoms with van der Waals surface area (Å²) in [4.78, 5) is 24.1. The lowest BCUT2D eigenvalue weighted by Crippen LogP contribution is -2.31. The van der Waals surface area contributed by atoms with Crippen molar-refractivity contribution in [1.82, 2.24) is 0 Å². The summed E-state index contributed by atoms with van der Waals surface area (Å²) in [6.45, 7) is 0. The van der Waals surface area contributed by atoms with E-state index in [-0.39, 0.29) is 5.56 Å². The van der Waals surface area contributed by atoms with Gasteiger partial charge in [-0.2, -0.15) is 18.2 Å². The molecule has 0 aliphatic heterocycles. The summed E-state index contributed by atoms with van der Waals surface area (Å²) < 4.78 is 36.5. The third-order valence-corrected chi connectivity index (χ3v) is 1.71. The molecular weight excluding hydrogens is 239 g/mol. The van der Waals surface area contributed by atoms with Crippen molar-refractivity contribution >= 4 is 17.6 Å². The minimum absolute atomic E-state index is 0.115. The number of carbonyl (C=O) groups is 2. The van der Waals surface area contributed by atoms with Gasteiger partial charge in [0.05, 0.1) is 0 Å². The first kappa shape index (κ1) is 12.9. The standard InChI is InChI=1S/C10H6F3NO3/c11-10(12,13)7(9(16)17)14-8(15)6-4-2-1-3-5-6/h1-5H,(H,16,17)/b14-7-. The maximum Gasteiger partial charge on any atom is 0.440 e. The predicted molar refractivity (Wildman–Crippen MR) is 51.9 cm³/mol. The number of aliphatic carboxylic acids is 1. The lowest BCUT2D eigenvalue weighted by Gasteiger charge is -2.05. The van der Waals surface area contributed by atoms with Gasteiger partial charge in [-0.05, 0) is 12.1 Å².